The summed E-state index contributed by atoms with van der Waals surface area (Å²) in [7, 11) is 0. The molecule has 0 aromatic carbocycles. The smallest absolute Gasteiger partial charge is 0.360 e. The van der Waals surface area contributed by atoms with Crippen LogP contribution in [0.4, 0.5) is 0 Å². The highest BCUT2D eigenvalue weighted by Gasteiger charge is 2.20. The first-order valence-electron chi connectivity index (χ1n) is 5.04. The number of hydrogen-bond donors (Lipinski definition) is 1. The summed E-state index contributed by atoms with van der Waals surface area (Å²) < 4.78 is 4.44. The van der Waals surface area contributed by atoms with Crippen LogP contribution in [0.2, 0.25) is 0 Å². The number of carbonyl (C=O) groups is 1. The van der Waals surface area contributed by atoms with Crippen molar-refractivity contribution in [3.8, 4) is 0 Å². The molecule has 6 nitrogen and oxygen atoms in total. The van der Waals surface area contributed by atoms with Crippen LogP contribution in [0.3, 0.4) is 0 Å². The first-order chi connectivity index (χ1) is 7.27. The van der Waals surface area contributed by atoms with Crippen LogP contribution in [0, 0.1) is 0 Å². The van der Waals surface area contributed by atoms with Crippen molar-refractivity contribution in [2.24, 2.45) is 0 Å². The van der Waals surface area contributed by atoms with E-state index >= 15 is 0 Å². The first-order valence-corrected chi connectivity index (χ1v) is 5.04. The topological polar surface area (TPSA) is 79.5 Å². The van der Waals surface area contributed by atoms with Crippen LogP contribution in [0.25, 0.3) is 0 Å². The highest BCUT2D eigenvalue weighted by molar-refractivity contribution is 5.86. The average molecular weight is 211 g/mol. The van der Waals surface area contributed by atoms with Crippen molar-refractivity contribution in [2.75, 3.05) is 13.1 Å². The number of piperidine rings is 1. The van der Waals surface area contributed by atoms with Gasteiger partial charge in [-0.1, -0.05) is 11.6 Å². The summed E-state index contributed by atoms with van der Waals surface area (Å²) in [5.41, 5.74) is 0.352. The van der Waals surface area contributed by atoms with Crippen LogP contribution >= 0.6 is 0 Å². The van der Waals surface area contributed by atoms with Crippen molar-refractivity contribution >= 4 is 5.97 Å². The lowest BCUT2D eigenvalue weighted by molar-refractivity contribution is 0.0683. The van der Waals surface area contributed by atoms with Crippen LogP contribution in [0.5, 0.6) is 0 Å². The van der Waals surface area contributed by atoms with Gasteiger partial charge in [-0.15, -0.1) is 0 Å². The molecule has 0 unspecified atom stereocenters. The van der Waals surface area contributed by atoms with Gasteiger partial charge in [-0.2, -0.15) is 0 Å². The van der Waals surface area contributed by atoms with E-state index in [2.05, 4.69) is 19.8 Å². The second-order valence-corrected chi connectivity index (χ2v) is 3.70. The number of nitrogens with zero attached hydrogens (tertiary/aromatic N) is 3. The fraction of sp³-hybridized carbons (Fsp3) is 0.667. The predicted molar refractivity (Wildman–Crippen MR) is 50.4 cm³/mol. The Kier molecular flexibility index (Phi) is 2.96. The van der Waals surface area contributed by atoms with Gasteiger partial charge in [-0.3, -0.25) is 4.90 Å². The van der Waals surface area contributed by atoms with E-state index < -0.39 is 5.97 Å². The quantitative estimate of drug-likeness (QED) is 0.794. The van der Waals surface area contributed by atoms with E-state index in [4.69, 9.17) is 5.11 Å². The molecule has 0 atom stereocenters. The number of carboxylic acids is 1. The molecular weight excluding hydrogens is 198 g/mol. The molecule has 0 bridgehead atoms. The van der Waals surface area contributed by atoms with Gasteiger partial charge in [-0.05, 0) is 31.1 Å². The Labute approximate surface area is 86.8 Å². The maximum absolute atomic E-state index is 10.7. The van der Waals surface area contributed by atoms with E-state index in [-0.39, 0.29) is 5.69 Å². The lowest BCUT2D eigenvalue weighted by atomic mass is 10.1. The van der Waals surface area contributed by atoms with Gasteiger partial charge in [0.1, 0.15) is 5.69 Å². The van der Waals surface area contributed by atoms with E-state index in [1.807, 2.05) is 0 Å². The summed E-state index contributed by atoms with van der Waals surface area (Å²) in [6.45, 7) is 2.50. The minimum atomic E-state index is -1.08. The van der Waals surface area contributed by atoms with Crippen molar-refractivity contribution in [3.63, 3.8) is 0 Å². The Balaban J connectivity index is 2.03. The van der Waals surface area contributed by atoms with Crippen molar-refractivity contribution in [1.29, 1.82) is 0 Å². The Morgan fingerprint density at radius 3 is 2.73 bits per heavy atom. The minimum absolute atomic E-state index is 0.0689. The van der Waals surface area contributed by atoms with Gasteiger partial charge in [0.25, 0.3) is 0 Å². The summed E-state index contributed by atoms with van der Waals surface area (Å²) in [4.78, 5) is 12.9. The molecule has 1 aliphatic heterocycles. The SMILES string of the molecule is O=C(O)c1nonc1CN1CCCCC1. The summed E-state index contributed by atoms with van der Waals surface area (Å²) in [5.74, 6) is -1.08. The number of aromatic carboxylic acids is 1. The molecule has 0 radical (unpaired) electrons. The summed E-state index contributed by atoms with van der Waals surface area (Å²) in [5, 5.41) is 15.8. The predicted octanol–water partition coefficient (Wildman–Crippen LogP) is 0.754. The normalized spacial score (nSPS) is 17.9. The molecule has 1 aliphatic rings. The molecule has 0 aliphatic carbocycles. The zero-order chi connectivity index (χ0) is 10.7. The van der Waals surface area contributed by atoms with Crippen molar-refractivity contribution in [1.82, 2.24) is 15.2 Å². The average Bonchev–Trinajstić information content (AvgIpc) is 2.67. The standard InChI is InChI=1S/C9H13N3O3/c13-9(14)8-7(10-15-11-8)6-12-4-2-1-3-5-12/h1-6H2,(H,13,14). The maximum Gasteiger partial charge on any atom is 0.360 e. The molecule has 15 heavy (non-hydrogen) atoms. The monoisotopic (exact) mass is 211 g/mol. The zero-order valence-corrected chi connectivity index (χ0v) is 8.35. The fourth-order valence-electron chi connectivity index (χ4n) is 1.80. The Morgan fingerprint density at radius 1 is 1.33 bits per heavy atom. The molecule has 1 N–H and O–H groups in total. The number of likely N-dealkylation sites (tertiary alicyclic amines) is 1. The van der Waals surface area contributed by atoms with Crippen LogP contribution in [0.15, 0.2) is 4.63 Å². The zero-order valence-electron chi connectivity index (χ0n) is 8.35. The third kappa shape index (κ3) is 2.33. The molecule has 1 aromatic heterocycles. The Morgan fingerprint density at radius 2 is 2.07 bits per heavy atom. The van der Waals surface area contributed by atoms with Gasteiger partial charge in [0, 0.05) is 6.54 Å². The van der Waals surface area contributed by atoms with Crippen LogP contribution in [-0.4, -0.2) is 39.4 Å². The second-order valence-electron chi connectivity index (χ2n) is 3.70. The fourth-order valence-corrected chi connectivity index (χ4v) is 1.80. The molecule has 1 aromatic rings. The van der Waals surface area contributed by atoms with Gasteiger partial charge in [0.05, 0.1) is 0 Å². The lowest BCUT2D eigenvalue weighted by Gasteiger charge is -2.25. The maximum atomic E-state index is 10.7. The van der Waals surface area contributed by atoms with Crippen molar-refractivity contribution in [3.05, 3.63) is 11.4 Å². The van der Waals surface area contributed by atoms with Gasteiger partial charge >= 0.3 is 5.97 Å². The van der Waals surface area contributed by atoms with Gasteiger partial charge in [0.15, 0.2) is 0 Å². The molecule has 1 fully saturated rings. The first kappa shape index (κ1) is 10.1. The third-order valence-electron chi connectivity index (χ3n) is 2.58. The minimum Gasteiger partial charge on any atom is -0.476 e. The number of rotatable bonds is 3. The number of hydrogen-bond acceptors (Lipinski definition) is 5. The van der Waals surface area contributed by atoms with Gasteiger partial charge in [-0.25, -0.2) is 9.42 Å². The number of aromatic nitrogens is 2. The van der Waals surface area contributed by atoms with Crippen LogP contribution in [-0.2, 0) is 6.54 Å². The highest BCUT2D eigenvalue weighted by atomic mass is 16.6. The number of carboxylic acid groups (broad SMARTS) is 1. The molecule has 0 spiro atoms. The molecule has 1 saturated heterocycles. The molecular formula is C9H13N3O3. The van der Waals surface area contributed by atoms with E-state index in [1.165, 1.54) is 6.42 Å². The van der Waals surface area contributed by atoms with E-state index in [0.717, 1.165) is 25.9 Å². The second kappa shape index (κ2) is 4.39. The molecule has 2 rings (SSSR count). The van der Waals surface area contributed by atoms with Crippen LogP contribution < -0.4 is 0 Å². The molecule has 0 amide bonds. The van der Waals surface area contributed by atoms with Crippen LogP contribution in [0.1, 0.15) is 35.4 Å². The molecule has 6 heteroatoms. The molecule has 82 valence electrons. The summed E-state index contributed by atoms with van der Waals surface area (Å²) in [6.07, 6.45) is 3.57. The van der Waals surface area contributed by atoms with Gasteiger partial charge in [0.2, 0.25) is 5.69 Å². The third-order valence-corrected chi connectivity index (χ3v) is 2.58. The van der Waals surface area contributed by atoms with E-state index in [9.17, 15) is 4.79 Å². The lowest BCUT2D eigenvalue weighted by Crippen LogP contribution is -2.29. The molecule has 2 heterocycles. The van der Waals surface area contributed by atoms with E-state index in [1.54, 1.807) is 0 Å². The van der Waals surface area contributed by atoms with Gasteiger partial charge < -0.3 is 5.11 Å². The highest BCUT2D eigenvalue weighted by Crippen LogP contribution is 2.13. The van der Waals surface area contributed by atoms with E-state index in [0.29, 0.717) is 12.2 Å². The molecule has 0 saturated carbocycles. The summed E-state index contributed by atoms with van der Waals surface area (Å²) in [6, 6.07) is 0. The van der Waals surface area contributed by atoms with Crippen molar-refractivity contribution in [2.45, 2.75) is 25.8 Å². The Hall–Kier alpha value is -1.43. The largest absolute Gasteiger partial charge is 0.476 e. The van der Waals surface area contributed by atoms with Crippen molar-refractivity contribution < 1.29 is 14.5 Å². The Bertz CT molecular complexity index is 344. The summed E-state index contributed by atoms with van der Waals surface area (Å²) >= 11 is 0.